The van der Waals surface area contributed by atoms with Gasteiger partial charge in [0.1, 0.15) is 12.2 Å². The average molecular weight is 350 g/mol. The number of nitrogens with one attached hydrogen (secondary N) is 1. The summed E-state index contributed by atoms with van der Waals surface area (Å²) in [5.74, 6) is 0.797. The van der Waals surface area contributed by atoms with E-state index in [1.54, 1.807) is 13.4 Å². The molecule has 24 heavy (non-hydrogen) atoms. The van der Waals surface area contributed by atoms with Gasteiger partial charge >= 0.3 is 0 Å². The Morgan fingerprint density at radius 2 is 2.46 bits per heavy atom. The molecule has 130 valence electrons. The molecule has 0 saturated carbocycles. The van der Waals surface area contributed by atoms with Crippen LogP contribution in [-0.4, -0.2) is 47.5 Å². The molecule has 1 amide bonds. The SMILES string of the molecule is COCCn1cnnc1CCNC(=O)c1ccc(C2CCCO2)s1. The van der Waals surface area contributed by atoms with Gasteiger partial charge in [0.2, 0.25) is 0 Å². The first-order valence-corrected chi connectivity index (χ1v) is 8.94. The molecule has 1 aliphatic heterocycles. The number of hydrogen-bond acceptors (Lipinski definition) is 6. The molecule has 8 heteroatoms. The van der Waals surface area contributed by atoms with E-state index in [0.29, 0.717) is 26.1 Å². The van der Waals surface area contributed by atoms with Crippen molar-refractivity contribution in [2.24, 2.45) is 0 Å². The molecule has 0 radical (unpaired) electrons. The van der Waals surface area contributed by atoms with Gasteiger partial charge in [-0.25, -0.2) is 0 Å². The molecule has 0 spiro atoms. The van der Waals surface area contributed by atoms with Crippen LogP contribution in [0.2, 0.25) is 0 Å². The molecule has 1 unspecified atom stereocenters. The highest BCUT2D eigenvalue weighted by molar-refractivity contribution is 7.14. The maximum Gasteiger partial charge on any atom is 0.261 e. The van der Waals surface area contributed by atoms with Gasteiger partial charge in [-0.3, -0.25) is 4.79 Å². The minimum atomic E-state index is -0.0489. The molecule has 3 rings (SSSR count). The normalized spacial score (nSPS) is 17.3. The zero-order valence-electron chi connectivity index (χ0n) is 13.7. The molecule has 2 aromatic heterocycles. The van der Waals surface area contributed by atoms with Crippen molar-refractivity contribution in [1.29, 1.82) is 0 Å². The molecule has 3 heterocycles. The molecule has 1 saturated heterocycles. The third kappa shape index (κ3) is 4.19. The lowest BCUT2D eigenvalue weighted by Crippen LogP contribution is -2.26. The van der Waals surface area contributed by atoms with E-state index in [4.69, 9.17) is 9.47 Å². The van der Waals surface area contributed by atoms with E-state index in [1.807, 2.05) is 16.7 Å². The summed E-state index contributed by atoms with van der Waals surface area (Å²) in [5, 5.41) is 10.9. The Kier molecular flexibility index (Phi) is 5.95. The van der Waals surface area contributed by atoms with Crippen LogP contribution in [0.25, 0.3) is 0 Å². The van der Waals surface area contributed by atoms with Gasteiger partial charge in [-0.15, -0.1) is 21.5 Å². The number of thiophene rings is 1. The lowest BCUT2D eigenvalue weighted by atomic mass is 10.2. The number of carbonyl (C=O) groups is 1. The van der Waals surface area contributed by atoms with Crippen molar-refractivity contribution in [1.82, 2.24) is 20.1 Å². The number of carbonyl (C=O) groups excluding carboxylic acids is 1. The first-order chi connectivity index (χ1) is 11.8. The second kappa shape index (κ2) is 8.36. The largest absolute Gasteiger partial charge is 0.383 e. The highest BCUT2D eigenvalue weighted by Crippen LogP contribution is 2.33. The van der Waals surface area contributed by atoms with E-state index in [1.165, 1.54) is 11.3 Å². The van der Waals surface area contributed by atoms with E-state index in [-0.39, 0.29) is 12.0 Å². The maximum atomic E-state index is 12.3. The quantitative estimate of drug-likeness (QED) is 0.785. The fraction of sp³-hybridized carbons (Fsp3) is 0.562. The van der Waals surface area contributed by atoms with Crippen LogP contribution in [0.5, 0.6) is 0 Å². The van der Waals surface area contributed by atoms with Crippen molar-refractivity contribution in [3.8, 4) is 0 Å². The second-order valence-corrected chi connectivity index (χ2v) is 6.76. The van der Waals surface area contributed by atoms with Gasteiger partial charge in [-0.2, -0.15) is 0 Å². The molecule has 0 bridgehead atoms. The van der Waals surface area contributed by atoms with Crippen molar-refractivity contribution in [2.75, 3.05) is 26.9 Å². The molecule has 1 aliphatic rings. The van der Waals surface area contributed by atoms with Gasteiger partial charge in [-0.1, -0.05) is 0 Å². The summed E-state index contributed by atoms with van der Waals surface area (Å²) in [6, 6.07) is 3.87. The maximum absolute atomic E-state index is 12.3. The number of methoxy groups -OCH3 is 1. The first kappa shape index (κ1) is 17.1. The Bertz CT molecular complexity index is 664. The number of nitrogens with zero attached hydrogens (tertiary/aromatic N) is 3. The number of hydrogen-bond donors (Lipinski definition) is 1. The number of aromatic nitrogens is 3. The van der Waals surface area contributed by atoms with Crippen molar-refractivity contribution in [3.05, 3.63) is 34.0 Å². The van der Waals surface area contributed by atoms with Crippen LogP contribution < -0.4 is 5.32 Å². The molecule has 1 fully saturated rings. The number of rotatable bonds is 8. The Labute approximate surface area is 145 Å². The lowest BCUT2D eigenvalue weighted by molar-refractivity contribution is 0.0958. The van der Waals surface area contributed by atoms with Crippen LogP contribution in [-0.2, 0) is 22.4 Å². The topological polar surface area (TPSA) is 78.3 Å². The summed E-state index contributed by atoms with van der Waals surface area (Å²) in [6.45, 7) is 2.66. The van der Waals surface area contributed by atoms with Crippen molar-refractivity contribution in [3.63, 3.8) is 0 Å². The summed E-state index contributed by atoms with van der Waals surface area (Å²) in [5.41, 5.74) is 0. The molecule has 0 aromatic carbocycles. The Morgan fingerprint density at radius 3 is 3.25 bits per heavy atom. The summed E-state index contributed by atoms with van der Waals surface area (Å²) < 4.78 is 12.7. The van der Waals surface area contributed by atoms with Gasteiger partial charge in [-0.05, 0) is 25.0 Å². The summed E-state index contributed by atoms with van der Waals surface area (Å²) in [6.07, 6.45) is 4.62. The monoisotopic (exact) mass is 350 g/mol. The first-order valence-electron chi connectivity index (χ1n) is 8.13. The average Bonchev–Trinajstić information content (AvgIpc) is 3.32. The van der Waals surface area contributed by atoms with Crippen molar-refractivity contribution >= 4 is 17.2 Å². The van der Waals surface area contributed by atoms with Crippen LogP contribution in [0, 0.1) is 0 Å². The fourth-order valence-electron chi connectivity index (χ4n) is 2.67. The van der Waals surface area contributed by atoms with Crippen LogP contribution in [0.3, 0.4) is 0 Å². The fourth-order valence-corrected chi connectivity index (χ4v) is 3.68. The van der Waals surface area contributed by atoms with E-state index in [2.05, 4.69) is 15.5 Å². The van der Waals surface area contributed by atoms with Crippen molar-refractivity contribution in [2.45, 2.75) is 31.9 Å². The highest BCUT2D eigenvalue weighted by Gasteiger charge is 2.20. The summed E-state index contributed by atoms with van der Waals surface area (Å²) in [7, 11) is 1.66. The van der Waals surface area contributed by atoms with Gasteiger partial charge < -0.3 is 19.4 Å². The Hall–Kier alpha value is -1.77. The minimum absolute atomic E-state index is 0.0489. The second-order valence-electron chi connectivity index (χ2n) is 5.64. The third-order valence-corrected chi connectivity index (χ3v) is 5.14. The summed E-state index contributed by atoms with van der Waals surface area (Å²) >= 11 is 1.51. The standard InChI is InChI=1S/C16H22N4O3S/c1-22-10-8-20-11-18-19-15(20)6-7-17-16(21)14-5-4-13(24-14)12-3-2-9-23-12/h4-5,11-12H,2-3,6-10H2,1H3,(H,17,21). The summed E-state index contributed by atoms with van der Waals surface area (Å²) in [4.78, 5) is 14.1. The predicted molar refractivity (Wildman–Crippen MR) is 90.2 cm³/mol. The van der Waals surface area contributed by atoms with E-state index in [0.717, 1.165) is 35.0 Å². The van der Waals surface area contributed by atoms with Crippen LogP contribution in [0.15, 0.2) is 18.5 Å². The van der Waals surface area contributed by atoms with Crippen molar-refractivity contribution < 1.29 is 14.3 Å². The molecule has 0 aliphatic carbocycles. The smallest absolute Gasteiger partial charge is 0.261 e. The molecule has 7 nitrogen and oxygen atoms in total. The number of ether oxygens (including phenoxy) is 2. The highest BCUT2D eigenvalue weighted by atomic mass is 32.1. The molecular formula is C16H22N4O3S. The van der Waals surface area contributed by atoms with Gasteiger partial charge in [0, 0.05) is 38.1 Å². The zero-order valence-corrected chi connectivity index (χ0v) is 14.6. The Morgan fingerprint density at radius 1 is 1.54 bits per heavy atom. The van der Waals surface area contributed by atoms with Crippen LogP contribution in [0.1, 0.15) is 39.3 Å². The minimum Gasteiger partial charge on any atom is -0.383 e. The van der Waals surface area contributed by atoms with Crippen LogP contribution >= 0.6 is 11.3 Å². The molecule has 1 N–H and O–H groups in total. The lowest BCUT2D eigenvalue weighted by Gasteiger charge is -2.07. The van der Waals surface area contributed by atoms with E-state index >= 15 is 0 Å². The van der Waals surface area contributed by atoms with Crippen LogP contribution in [0.4, 0.5) is 0 Å². The zero-order chi connectivity index (χ0) is 16.8. The molecule has 1 atom stereocenters. The van der Waals surface area contributed by atoms with Gasteiger partial charge in [0.05, 0.1) is 17.6 Å². The van der Waals surface area contributed by atoms with Gasteiger partial charge in [0.25, 0.3) is 5.91 Å². The van der Waals surface area contributed by atoms with E-state index in [9.17, 15) is 4.79 Å². The number of amides is 1. The third-order valence-electron chi connectivity index (χ3n) is 3.96. The van der Waals surface area contributed by atoms with Gasteiger partial charge in [0.15, 0.2) is 0 Å². The van der Waals surface area contributed by atoms with E-state index < -0.39 is 0 Å². The Balaban J connectivity index is 1.48. The molecular weight excluding hydrogens is 328 g/mol. The molecule has 2 aromatic rings. The predicted octanol–water partition coefficient (Wildman–Crippen LogP) is 1.81.